The Bertz CT molecular complexity index is 1210. The van der Waals surface area contributed by atoms with Gasteiger partial charge in [-0.15, -0.1) is 0 Å². The van der Waals surface area contributed by atoms with Crippen LogP contribution in [-0.2, 0) is 0 Å². The topological polar surface area (TPSA) is 48.8 Å². The third-order valence-corrected chi connectivity index (χ3v) is 5.47. The van der Waals surface area contributed by atoms with E-state index in [2.05, 4.69) is 125 Å². The van der Waals surface area contributed by atoms with Crippen molar-refractivity contribution in [3.05, 3.63) is 94.2 Å². The van der Waals surface area contributed by atoms with Crippen LogP contribution in [0.4, 0.5) is 17.1 Å². The number of nitrogens with zero attached hydrogens (tertiary/aromatic N) is 2. The molecule has 0 aromatic heterocycles. The summed E-state index contributed by atoms with van der Waals surface area (Å²) < 4.78 is 0. The first kappa shape index (κ1) is 25.0. The predicted molar refractivity (Wildman–Crippen MR) is 148 cm³/mol. The van der Waals surface area contributed by atoms with Crippen LogP contribution in [-0.4, -0.2) is 17.2 Å². The number of anilines is 2. The van der Waals surface area contributed by atoms with E-state index in [1.807, 2.05) is 12.1 Å². The number of hydrogen-bond acceptors (Lipinski definition) is 3. The van der Waals surface area contributed by atoms with Crippen molar-refractivity contribution >= 4 is 28.8 Å². The summed E-state index contributed by atoms with van der Waals surface area (Å²) in [5, 5.41) is 7.20. The van der Waals surface area contributed by atoms with Gasteiger partial charge in [0.1, 0.15) is 5.70 Å². The van der Waals surface area contributed by atoms with Crippen molar-refractivity contribution in [2.75, 3.05) is 10.6 Å². The monoisotopic (exact) mass is 452 g/mol. The molecule has 4 heteroatoms. The van der Waals surface area contributed by atoms with Gasteiger partial charge in [0.15, 0.2) is 5.84 Å². The highest BCUT2D eigenvalue weighted by Gasteiger charge is 2.18. The van der Waals surface area contributed by atoms with E-state index in [-0.39, 0.29) is 5.54 Å². The summed E-state index contributed by atoms with van der Waals surface area (Å²) in [7, 11) is 0. The van der Waals surface area contributed by atoms with E-state index in [9.17, 15) is 0 Å². The smallest absolute Gasteiger partial charge is 0.160 e. The van der Waals surface area contributed by atoms with Crippen LogP contribution < -0.4 is 10.6 Å². The number of aliphatic imine (C=N–C) groups is 2. The molecule has 0 bridgehead atoms. The van der Waals surface area contributed by atoms with Gasteiger partial charge in [-0.05, 0) is 89.8 Å². The number of para-hydroxylation sites is 2. The van der Waals surface area contributed by atoms with Gasteiger partial charge in [-0.1, -0.05) is 54.1 Å². The maximum atomic E-state index is 5.05. The van der Waals surface area contributed by atoms with Crippen LogP contribution in [0.2, 0.25) is 0 Å². The number of amidine groups is 1. The Morgan fingerprint density at radius 2 is 1.15 bits per heavy atom. The summed E-state index contributed by atoms with van der Waals surface area (Å²) >= 11 is 0. The van der Waals surface area contributed by atoms with Gasteiger partial charge in [-0.2, -0.15) is 0 Å². The molecule has 0 fully saturated rings. The molecule has 0 saturated carbocycles. The predicted octanol–water partition coefficient (Wildman–Crippen LogP) is 7.84. The number of benzene rings is 3. The SMILES string of the molecule is Cc1ccc(N=C=C(Nc2c(C)cccc2C)C(=NC(C)(C)C)Nc2c(C)cccc2C)cc1. The average Bonchev–Trinajstić information content (AvgIpc) is 2.75. The molecule has 176 valence electrons. The van der Waals surface area contributed by atoms with Crippen LogP contribution in [0.1, 0.15) is 48.6 Å². The van der Waals surface area contributed by atoms with Crippen molar-refractivity contribution in [1.82, 2.24) is 0 Å². The molecule has 4 nitrogen and oxygen atoms in total. The minimum absolute atomic E-state index is 0.307. The molecule has 0 amide bonds. The summed E-state index contributed by atoms with van der Waals surface area (Å²) in [5.74, 6) is 3.98. The van der Waals surface area contributed by atoms with Gasteiger partial charge >= 0.3 is 0 Å². The first-order valence-corrected chi connectivity index (χ1v) is 11.7. The number of aryl methyl sites for hydroxylation is 5. The fraction of sp³-hybridized carbons (Fsp3) is 0.300. The first-order valence-electron chi connectivity index (χ1n) is 11.7. The molecule has 0 radical (unpaired) electrons. The van der Waals surface area contributed by atoms with Crippen molar-refractivity contribution in [2.45, 2.75) is 60.9 Å². The van der Waals surface area contributed by atoms with Crippen LogP contribution in [0, 0.1) is 34.6 Å². The van der Waals surface area contributed by atoms with Gasteiger partial charge in [-0.3, -0.25) is 4.99 Å². The van der Waals surface area contributed by atoms with Gasteiger partial charge in [0.05, 0.1) is 11.2 Å². The van der Waals surface area contributed by atoms with Crippen LogP contribution in [0.3, 0.4) is 0 Å². The molecule has 0 spiro atoms. The summed E-state index contributed by atoms with van der Waals surface area (Å²) in [6.07, 6.45) is 0. The first-order chi connectivity index (χ1) is 16.0. The maximum Gasteiger partial charge on any atom is 0.160 e. The van der Waals surface area contributed by atoms with Crippen LogP contribution in [0.25, 0.3) is 0 Å². The van der Waals surface area contributed by atoms with E-state index in [1.54, 1.807) is 0 Å². The standard InChI is InChI=1S/C30H36N4/c1-20-15-17-25(18-16-20)31-19-26(32-27-21(2)11-9-12-22(27)3)29(34-30(6,7)8)33-28-23(4)13-10-14-24(28)5/h9-18,32H,1-8H3,(H,33,34). The molecule has 0 aliphatic carbocycles. The number of rotatable bonds is 5. The fourth-order valence-corrected chi connectivity index (χ4v) is 3.63. The lowest BCUT2D eigenvalue weighted by atomic mass is 10.1. The van der Waals surface area contributed by atoms with Gasteiger partial charge in [0, 0.05) is 17.2 Å². The zero-order valence-corrected chi connectivity index (χ0v) is 21.7. The second-order valence-corrected chi connectivity index (χ2v) is 9.85. The largest absolute Gasteiger partial charge is 0.344 e. The van der Waals surface area contributed by atoms with Crippen LogP contribution >= 0.6 is 0 Å². The van der Waals surface area contributed by atoms with Gasteiger partial charge in [0.25, 0.3) is 0 Å². The van der Waals surface area contributed by atoms with Crippen molar-refractivity contribution in [3.63, 3.8) is 0 Å². The molecule has 2 N–H and O–H groups in total. The van der Waals surface area contributed by atoms with Crippen molar-refractivity contribution in [1.29, 1.82) is 0 Å². The Hall–Kier alpha value is -3.62. The van der Waals surface area contributed by atoms with E-state index in [0.717, 1.165) is 39.3 Å². The lowest BCUT2D eigenvalue weighted by Gasteiger charge is -2.22. The molecular weight excluding hydrogens is 416 g/mol. The Kier molecular flexibility index (Phi) is 7.75. The summed E-state index contributed by atoms with van der Waals surface area (Å²) in [6.45, 7) is 16.7. The number of hydrogen-bond donors (Lipinski definition) is 2. The van der Waals surface area contributed by atoms with Crippen LogP contribution in [0.15, 0.2) is 76.3 Å². The normalized spacial score (nSPS) is 11.6. The van der Waals surface area contributed by atoms with E-state index < -0.39 is 0 Å². The average molecular weight is 453 g/mol. The quantitative estimate of drug-likeness (QED) is 0.306. The molecule has 0 saturated heterocycles. The van der Waals surface area contributed by atoms with Gasteiger partial charge in [0.2, 0.25) is 0 Å². The van der Waals surface area contributed by atoms with Crippen molar-refractivity contribution < 1.29 is 0 Å². The van der Waals surface area contributed by atoms with E-state index in [4.69, 9.17) is 4.99 Å². The van der Waals surface area contributed by atoms with Crippen LogP contribution in [0.5, 0.6) is 0 Å². The zero-order valence-electron chi connectivity index (χ0n) is 21.7. The minimum Gasteiger partial charge on any atom is -0.344 e. The Morgan fingerprint density at radius 3 is 1.62 bits per heavy atom. The Labute approximate surface area is 204 Å². The Morgan fingerprint density at radius 1 is 0.676 bits per heavy atom. The summed E-state index contributed by atoms with van der Waals surface area (Å²) in [4.78, 5) is 9.72. The van der Waals surface area contributed by atoms with Crippen molar-refractivity contribution in [3.8, 4) is 0 Å². The molecular formula is C30H36N4. The van der Waals surface area contributed by atoms with E-state index in [0.29, 0.717) is 11.5 Å². The third-order valence-electron chi connectivity index (χ3n) is 5.47. The highest BCUT2D eigenvalue weighted by molar-refractivity contribution is 6.15. The van der Waals surface area contributed by atoms with E-state index >= 15 is 0 Å². The third kappa shape index (κ3) is 6.69. The van der Waals surface area contributed by atoms with Gasteiger partial charge < -0.3 is 10.6 Å². The van der Waals surface area contributed by atoms with Crippen molar-refractivity contribution in [2.24, 2.45) is 9.98 Å². The summed E-state index contributed by atoms with van der Waals surface area (Å²) in [5.41, 5.74) is 9.11. The second kappa shape index (κ2) is 10.5. The van der Waals surface area contributed by atoms with Gasteiger partial charge in [-0.25, -0.2) is 4.99 Å². The molecule has 3 aromatic rings. The molecule has 0 heterocycles. The molecule has 34 heavy (non-hydrogen) atoms. The molecule has 0 aliphatic rings. The van der Waals surface area contributed by atoms with E-state index in [1.165, 1.54) is 5.56 Å². The highest BCUT2D eigenvalue weighted by atomic mass is 15.1. The molecule has 0 unspecified atom stereocenters. The summed E-state index contributed by atoms with van der Waals surface area (Å²) in [6, 6.07) is 20.7. The minimum atomic E-state index is -0.307. The maximum absolute atomic E-state index is 5.05. The molecule has 0 aliphatic heterocycles. The number of nitrogens with one attached hydrogen (secondary N) is 2. The molecule has 3 rings (SSSR count). The molecule has 3 aromatic carbocycles. The molecule has 0 atom stereocenters. The fourth-order valence-electron chi connectivity index (χ4n) is 3.63. The second-order valence-electron chi connectivity index (χ2n) is 9.85. The Balaban J connectivity index is 2.19. The lowest BCUT2D eigenvalue weighted by Crippen LogP contribution is -2.26. The lowest BCUT2D eigenvalue weighted by molar-refractivity contribution is 0.584. The zero-order chi connectivity index (χ0) is 24.9. The highest BCUT2D eigenvalue weighted by Crippen LogP contribution is 2.25.